The molecule has 328 valence electrons. The van der Waals surface area contributed by atoms with Gasteiger partial charge in [-0.15, -0.1) is 0 Å². The zero-order chi connectivity index (χ0) is 44.2. The van der Waals surface area contributed by atoms with Crippen LogP contribution in [-0.2, 0) is 49.5 Å². The minimum Gasteiger partial charge on any atom is -0.464 e. The number of hydrogen-bond acceptors (Lipinski definition) is 15. The van der Waals surface area contributed by atoms with E-state index >= 15 is 0 Å². The van der Waals surface area contributed by atoms with Crippen molar-refractivity contribution in [2.45, 2.75) is 95.1 Å². The first-order valence-corrected chi connectivity index (χ1v) is 19.6. The number of carbonyl (C=O) groups excluding carboxylic acids is 5. The number of nitro groups is 1. The monoisotopic (exact) mass is 849 g/mol. The first-order chi connectivity index (χ1) is 29.2. The van der Waals surface area contributed by atoms with E-state index in [1.807, 2.05) is 42.5 Å². The van der Waals surface area contributed by atoms with E-state index in [0.717, 1.165) is 16.8 Å². The van der Waals surface area contributed by atoms with Crippen molar-refractivity contribution in [2.75, 3.05) is 25.1 Å². The molecule has 61 heavy (non-hydrogen) atoms. The Hall–Kier alpha value is -6.03. The van der Waals surface area contributed by atoms with Crippen molar-refractivity contribution in [2.24, 2.45) is 5.73 Å². The summed E-state index contributed by atoms with van der Waals surface area (Å²) < 4.78 is 23.0. The number of nitrogens with zero attached hydrogens (tertiary/aromatic N) is 1. The standard InChI is InChI=1S/C41H51N7O13/c1-22(44-40(55)23(2)60-37-35(45-24(3)50)41(61-31(20-49)36(37)52)59-21-25-10-5-4-6-11-25)39(54)47-29(38(42)53)16-17-32(51)58-19-18-43-34-26-12-7-8-13-27(26)46-28-14-9-15-30(33(28)34)48(56)57/h4-15,22-23,29,31,34-37,41,43,46,49,52H,16-21H2,1-3H3,(H2,42,53)(H,44,55)(H,45,50)(H,47,54). The number of anilines is 2. The Bertz CT molecular complexity index is 2040. The van der Waals surface area contributed by atoms with Crippen molar-refractivity contribution in [3.8, 4) is 0 Å². The molecule has 2 aliphatic rings. The van der Waals surface area contributed by atoms with Crippen molar-refractivity contribution >= 4 is 46.7 Å². The minimum atomic E-state index is -1.51. The van der Waals surface area contributed by atoms with Crippen LogP contribution in [0.2, 0.25) is 0 Å². The Morgan fingerprint density at radius 3 is 2.36 bits per heavy atom. The number of nitrogens with two attached hydrogens (primary N) is 1. The van der Waals surface area contributed by atoms with Crippen LogP contribution in [0.4, 0.5) is 17.1 Å². The zero-order valence-electron chi connectivity index (χ0n) is 33.8. The van der Waals surface area contributed by atoms with Gasteiger partial charge in [-0.05, 0) is 43.5 Å². The quantitative estimate of drug-likeness (QED) is 0.0336. The van der Waals surface area contributed by atoms with Gasteiger partial charge in [0.05, 0.1) is 35.4 Å². The van der Waals surface area contributed by atoms with Gasteiger partial charge in [0, 0.05) is 31.6 Å². The predicted molar refractivity (Wildman–Crippen MR) is 217 cm³/mol. The van der Waals surface area contributed by atoms with Crippen LogP contribution < -0.4 is 32.3 Å². The highest BCUT2D eigenvalue weighted by Gasteiger charge is 2.48. The maximum Gasteiger partial charge on any atom is 0.305 e. The molecule has 9 unspecified atom stereocenters. The molecule has 0 radical (unpaired) electrons. The fraction of sp³-hybridized carbons (Fsp3) is 0.439. The number of aliphatic hydroxyl groups excluding tert-OH is 2. The van der Waals surface area contributed by atoms with Crippen molar-refractivity contribution in [1.82, 2.24) is 21.3 Å². The van der Waals surface area contributed by atoms with Gasteiger partial charge in [0.2, 0.25) is 23.6 Å². The second kappa shape index (κ2) is 21.5. The van der Waals surface area contributed by atoms with Crippen LogP contribution in [0.3, 0.4) is 0 Å². The second-order valence-corrected chi connectivity index (χ2v) is 14.5. The molecule has 0 bridgehead atoms. The molecule has 1 fully saturated rings. The van der Waals surface area contributed by atoms with Gasteiger partial charge in [0.1, 0.15) is 49.1 Å². The van der Waals surface area contributed by atoms with E-state index in [0.29, 0.717) is 11.3 Å². The number of fused-ring (bicyclic) bond motifs is 2. The third kappa shape index (κ3) is 12.1. The molecule has 0 saturated carbocycles. The SMILES string of the molecule is CC(=O)NC1C(OCc2ccccc2)OC(CO)C(O)C1OC(C)C(=O)NC(C)C(=O)NC(CCC(=O)OCCNC1c2ccccc2Nc2cccc([N+](=O)[O-])c21)C(N)=O. The maximum atomic E-state index is 13.3. The number of hydrogen-bond donors (Lipinski definition) is 8. The van der Waals surface area contributed by atoms with Gasteiger partial charge < -0.3 is 61.5 Å². The number of ether oxygens (including phenoxy) is 4. The average Bonchev–Trinajstić information content (AvgIpc) is 3.23. The summed E-state index contributed by atoms with van der Waals surface area (Å²) >= 11 is 0. The lowest BCUT2D eigenvalue weighted by Crippen LogP contribution is -2.66. The Morgan fingerprint density at radius 2 is 1.67 bits per heavy atom. The van der Waals surface area contributed by atoms with Crippen LogP contribution in [0.15, 0.2) is 72.8 Å². The molecule has 9 N–H and O–H groups in total. The predicted octanol–water partition coefficient (Wildman–Crippen LogP) is 0.702. The van der Waals surface area contributed by atoms with Crippen molar-refractivity contribution in [3.63, 3.8) is 0 Å². The van der Waals surface area contributed by atoms with Gasteiger partial charge in [-0.2, -0.15) is 0 Å². The van der Waals surface area contributed by atoms with Crippen LogP contribution in [0.5, 0.6) is 0 Å². The number of nitrogens with one attached hydrogen (secondary N) is 5. The first-order valence-electron chi connectivity index (χ1n) is 19.6. The number of rotatable bonds is 20. The van der Waals surface area contributed by atoms with Gasteiger partial charge in [-0.3, -0.25) is 34.1 Å². The van der Waals surface area contributed by atoms with E-state index in [4.69, 9.17) is 24.7 Å². The molecule has 2 aliphatic heterocycles. The molecular formula is C41H51N7O13. The van der Waals surface area contributed by atoms with Gasteiger partial charge in [-0.25, -0.2) is 0 Å². The molecule has 1 saturated heterocycles. The third-order valence-corrected chi connectivity index (χ3v) is 10.1. The highest BCUT2D eigenvalue weighted by atomic mass is 16.7. The van der Waals surface area contributed by atoms with Gasteiger partial charge in [0.15, 0.2) is 6.29 Å². The van der Waals surface area contributed by atoms with E-state index in [9.17, 15) is 44.3 Å². The summed E-state index contributed by atoms with van der Waals surface area (Å²) in [5, 5.41) is 46.8. The number of benzene rings is 3. The first kappa shape index (κ1) is 46.0. The molecule has 20 heteroatoms. The summed E-state index contributed by atoms with van der Waals surface area (Å²) in [5.41, 5.74) is 8.77. The molecule has 3 aromatic carbocycles. The van der Waals surface area contributed by atoms with E-state index in [1.54, 1.807) is 24.3 Å². The summed E-state index contributed by atoms with van der Waals surface area (Å²) in [6.45, 7) is 3.35. The van der Waals surface area contributed by atoms with Crippen LogP contribution in [0, 0.1) is 10.1 Å². The van der Waals surface area contributed by atoms with Crippen LogP contribution >= 0.6 is 0 Å². The lowest BCUT2D eigenvalue weighted by molar-refractivity contribution is -0.385. The van der Waals surface area contributed by atoms with E-state index in [1.165, 1.54) is 26.8 Å². The Balaban J connectivity index is 1.11. The molecule has 0 spiro atoms. The van der Waals surface area contributed by atoms with Crippen molar-refractivity contribution in [1.29, 1.82) is 0 Å². The topological polar surface area (TPSA) is 292 Å². The number of esters is 1. The molecule has 2 heterocycles. The van der Waals surface area contributed by atoms with Gasteiger partial charge in [0.25, 0.3) is 5.69 Å². The third-order valence-electron chi connectivity index (χ3n) is 10.1. The number of primary amides is 1. The highest BCUT2D eigenvalue weighted by molar-refractivity contribution is 5.92. The minimum absolute atomic E-state index is 0.0521. The zero-order valence-corrected chi connectivity index (χ0v) is 33.8. The van der Waals surface area contributed by atoms with Crippen LogP contribution in [-0.4, -0.2) is 113 Å². The van der Waals surface area contributed by atoms with Crippen LogP contribution in [0.1, 0.15) is 56.3 Å². The molecular weight excluding hydrogens is 798 g/mol. The summed E-state index contributed by atoms with van der Waals surface area (Å²) in [6.07, 6.45) is -7.08. The molecule has 9 atom stereocenters. The lowest BCUT2D eigenvalue weighted by atomic mass is 9.90. The van der Waals surface area contributed by atoms with Gasteiger partial charge in [-0.1, -0.05) is 54.6 Å². The molecule has 0 aromatic heterocycles. The fourth-order valence-corrected chi connectivity index (χ4v) is 6.99. The largest absolute Gasteiger partial charge is 0.464 e. The fourth-order valence-electron chi connectivity index (χ4n) is 6.99. The number of amides is 4. The Morgan fingerprint density at radius 1 is 0.967 bits per heavy atom. The Kier molecular flexibility index (Phi) is 16.2. The maximum absolute atomic E-state index is 13.3. The normalized spacial score (nSPS) is 21.9. The summed E-state index contributed by atoms with van der Waals surface area (Å²) in [6, 6.07) is 16.9. The molecule has 5 rings (SSSR count). The average molecular weight is 850 g/mol. The Labute approximate surface area is 351 Å². The summed E-state index contributed by atoms with van der Waals surface area (Å²) in [7, 11) is 0. The smallest absolute Gasteiger partial charge is 0.305 e. The van der Waals surface area contributed by atoms with Crippen LogP contribution in [0.25, 0.3) is 0 Å². The van der Waals surface area contributed by atoms with Crippen molar-refractivity contribution < 1.29 is 58.1 Å². The van der Waals surface area contributed by atoms with Crippen molar-refractivity contribution in [3.05, 3.63) is 99.6 Å². The van der Waals surface area contributed by atoms with Gasteiger partial charge >= 0.3 is 5.97 Å². The number of carbonyl (C=O) groups is 5. The molecule has 3 aromatic rings. The molecule has 4 amide bonds. The number of aliphatic hydroxyl groups is 2. The molecule has 0 aliphatic carbocycles. The summed E-state index contributed by atoms with van der Waals surface area (Å²) in [5.74, 6) is -3.76. The second-order valence-electron chi connectivity index (χ2n) is 14.5. The molecule has 20 nitrogen and oxygen atoms in total. The van der Waals surface area contributed by atoms with E-state index in [2.05, 4.69) is 26.6 Å². The summed E-state index contributed by atoms with van der Waals surface area (Å²) in [4.78, 5) is 74.9. The van der Waals surface area contributed by atoms with E-state index in [-0.39, 0.29) is 38.3 Å². The highest BCUT2D eigenvalue weighted by Crippen LogP contribution is 2.43. The van der Waals surface area contributed by atoms with E-state index < -0.39 is 96.0 Å². The number of para-hydroxylation sites is 1. The number of nitro benzene ring substituents is 1. The lowest BCUT2D eigenvalue weighted by Gasteiger charge is -2.44.